The van der Waals surface area contributed by atoms with Crippen molar-refractivity contribution in [1.82, 2.24) is 34.7 Å². The maximum atomic E-state index is 12.3. The average molecular weight is 1340 g/mol. The molecule has 6 saturated heterocycles. The van der Waals surface area contributed by atoms with Crippen LogP contribution < -0.4 is 34.0 Å². The van der Waals surface area contributed by atoms with Gasteiger partial charge in [-0.1, -0.05) is 121 Å². The van der Waals surface area contributed by atoms with Crippen LogP contribution in [0, 0.1) is 35.5 Å². The number of nitrogens with two attached hydrogens (primary N) is 5. The van der Waals surface area contributed by atoms with Crippen molar-refractivity contribution in [3.63, 3.8) is 0 Å². The van der Waals surface area contributed by atoms with E-state index in [9.17, 15) is 28.8 Å². The first kappa shape index (κ1) is 75.8. The Hall–Kier alpha value is -2.98. The molecule has 6 saturated carbocycles. The monoisotopic (exact) mass is 1330 g/mol. The molecule has 0 aromatic carbocycles. The number of hydrogen-bond donors (Lipinski definition) is 6. The number of piperidine rings is 1. The fourth-order valence-electron chi connectivity index (χ4n) is 17.3. The molecule has 0 radical (unpaired) electrons. The highest BCUT2D eigenvalue weighted by Crippen LogP contribution is 2.35. The molecule has 6 aliphatic carbocycles. The van der Waals surface area contributed by atoms with Gasteiger partial charge in [-0.15, -0.1) is 11.8 Å². The van der Waals surface area contributed by atoms with Crippen LogP contribution in [-0.2, 0) is 28.8 Å². The van der Waals surface area contributed by atoms with E-state index >= 15 is 0 Å². The summed E-state index contributed by atoms with van der Waals surface area (Å²) >= 11 is 3.75. The number of hydrogen-bond acceptors (Lipinski definition) is 14. The number of nitrogens with zero attached hydrogens (tertiary/aromatic N) is 6. The maximum absolute atomic E-state index is 12.3. The summed E-state index contributed by atoms with van der Waals surface area (Å²) in [5.74, 6) is 8.39. The van der Waals surface area contributed by atoms with E-state index in [0.29, 0.717) is 41.5 Å². The number of nitrogens with one attached hydrogen (secondary N) is 1. The van der Waals surface area contributed by atoms with Gasteiger partial charge in [0.25, 0.3) is 0 Å². The topological polar surface area (TPSA) is 264 Å². The first-order chi connectivity index (χ1) is 45.3. The lowest BCUT2D eigenvalue weighted by molar-refractivity contribution is -0.135. The van der Waals surface area contributed by atoms with Crippen molar-refractivity contribution < 1.29 is 28.8 Å². The molecule has 20 heteroatoms. The molecule has 0 aromatic heterocycles. The van der Waals surface area contributed by atoms with Crippen LogP contribution in [0.2, 0.25) is 0 Å². The number of likely N-dealkylation sites (tertiary alicyclic amines) is 3. The van der Waals surface area contributed by atoms with Crippen molar-refractivity contribution in [3.05, 3.63) is 12.2 Å². The Kier molecular flexibility index (Phi) is 33.8. The predicted octanol–water partition coefficient (Wildman–Crippen LogP) is 9.14. The summed E-state index contributed by atoms with van der Waals surface area (Å²) in [5, 5.41) is 3.58. The summed E-state index contributed by atoms with van der Waals surface area (Å²) in [4.78, 5) is 84.5. The van der Waals surface area contributed by atoms with E-state index in [2.05, 4.69) is 10.2 Å². The molecule has 13 aliphatic rings. The minimum Gasteiger partial charge on any atom is -0.341 e. The minimum absolute atomic E-state index is 0.145. The predicted molar refractivity (Wildman–Crippen MR) is 381 cm³/mol. The third-order valence-corrected chi connectivity index (χ3v) is 25.3. The van der Waals surface area contributed by atoms with Crippen molar-refractivity contribution in [3.8, 4) is 0 Å². The van der Waals surface area contributed by atoms with Gasteiger partial charge < -0.3 is 63.4 Å². The molecular formula is C73H130N12O6S2. The van der Waals surface area contributed by atoms with Gasteiger partial charge in [-0.05, 0) is 164 Å². The minimum atomic E-state index is -0.259. The number of carbonyl (C=O) groups is 6. The summed E-state index contributed by atoms with van der Waals surface area (Å²) in [6.45, 7) is 9.88. The molecular weight excluding hydrogens is 1210 g/mol. The zero-order valence-corrected chi connectivity index (χ0v) is 59.4. The van der Waals surface area contributed by atoms with Crippen molar-refractivity contribution >= 4 is 59.0 Å². The van der Waals surface area contributed by atoms with Crippen LogP contribution in [0.25, 0.3) is 0 Å². The van der Waals surface area contributed by atoms with E-state index in [4.69, 9.17) is 28.7 Å². The zero-order chi connectivity index (χ0) is 65.7. The Labute approximate surface area is 570 Å². The fraction of sp³-hybridized carbons (Fsp3) is 0.890. The van der Waals surface area contributed by atoms with E-state index in [1.165, 1.54) is 141 Å². The van der Waals surface area contributed by atoms with Crippen molar-refractivity contribution in [1.29, 1.82) is 0 Å². The summed E-state index contributed by atoms with van der Waals surface area (Å²) < 4.78 is 0. The van der Waals surface area contributed by atoms with E-state index in [-0.39, 0.29) is 65.8 Å². The summed E-state index contributed by atoms with van der Waals surface area (Å²) in [6, 6.07) is -0.379. The van der Waals surface area contributed by atoms with Crippen molar-refractivity contribution in [2.45, 2.75) is 280 Å². The van der Waals surface area contributed by atoms with Crippen LogP contribution in [-0.4, -0.2) is 202 Å². The lowest BCUT2D eigenvalue weighted by atomic mass is 9.83. The number of rotatable bonds is 11. The second-order valence-electron chi connectivity index (χ2n) is 30.0. The largest absolute Gasteiger partial charge is 0.341 e. The molecule has 7 heterocycles. The van der Waals surface area contributed by atoms with Crippen molar-refractivity contribution in [2.75, 3.05) is 95.1 Å². The molecule has 18 nitrogen and oxygen atoms in total. The molecule has 2 unspecified atom stereocenters. The fourth-order valence-corrected chi connectivity index (χ4v) is 19.1. The van der Waals surface area contributed by atoms with Gasteiger partial charge in [0.1, 0.15) is 0 Å². The first-order valence-electron chi connectivity index (χ1n) is 38.4. The normalized spacial score (nSPS) is 27.6. The Morgan fingerprint density at radius 1 is 0.323 bits per heavy atom. The molecule has 0 aromatic rings. The average Bonchev–Trinajstić information content (AvgIpc) is 1.93. The van der Waals surface area contributed by atoms with Gasteiger partial charge >= 0.3 is 0 Å². The molecule has 530 valence electrons. The molecule has 13 rings (SSSR count). The second kappa shape index (κ2) is 41.4. The van der Waals surface area contributed by atoms with Crippen LogP contribution in [0.1, 0.15) is 238 Å². The van der Waals surface area contributed by atoms with E-state index in [0.717, 1.165) is 197 Å². The smallest absolute Gasteiger partial charge is 0.240 e. The molecule has 8 atom stereocenters. The molecule has 0 bridgehead atoms. The SMILES string of the molecule is N[C@@H](C(=O)N1CCCC1)C1CCCCC1.N[C@H](C(=O)N1CC=CC1)C1CCCCC1.N[C@H](C(=O)N1CCCCC1)C1CCCCC1.N[C@H](C(=O)N1CCSC1)C1CCCCC1.N[C@H](C(=O)N1CCSCC1)C1CCCCC1.O=C([C@@H]1CC2CCCCC2N1)N1CCCC1. The van der Waals surface area contributed by atoms with Gasteiger partial charge in [0.05, 0.1) is 42.1 Å². The molecule has 0 spiro atoms. The van der Waals surface area contributed by atoms with Crippen LogP contribution in [0.4, 0.5) is 0 Å². The zero-order valence-electron chi connectivity index (χ0n) is 57.8. The van der Waals surface area contributed by atoms with Gasteiger partial charge in [-0.25, -0.2) is 0 Å². The third-order valence-electron chi connectivity index (χ3n) is 23.4. The lowest BCUT2D eigenvalue weighted by Crippen LogP contribution is -2.50. The van der Waals surface area contributed by atoms with Gasteiger partial charge in [0, 0.05) is 95.3 Å². The second-order valence-corrected chi connectivity index (χ2v) is 32.3. The van der Waals surface area contributed by atoms with Crippen LogP contribution >= 0.6 is 23.5 Å². The van der Waals surface area contributed by atoms with Gasteiger partial charge in [0.2, 0.25) is 35.4 Å². The Morgan fingerprint density at radius 3 is 0.978 bits per heavy atom. The van der Waals surface area contributed by atoms with Crippen LogP contribution in [0.5, 0.6) is 0 Å². The Balaban J connectivity index is 0.000000143. The van der Waals surface area contributed by atoms with Gasteiger partial charge in [-0.3, -0.25) is 28.8 Å². The summed E-state index contributed by atoms with van der Waals surface area (Å²) in [5.41, 5.74) is 30.5. The Bertz CT molecular complexity index is 2060. The van der Waals surface area contributed by atoms with E-state index in [1.807, 2.05) is 60.2 Å². The highest BCUT2D eigenvalue weighted by molar-refractivity contribution is 7.99. The summed E-state index contributed by atoms with van der Waals surface area (Å²) in [6.07, 6.45) is 49.3. The van der Waals surface area contributed by atoms with Gasteiger partial charge in [-0.2, -0.15) is 11.8 Å². The highest BCUT2D eigenvalue weighted by atomic mass is 32.2. The van der Waals surface area contributed by atoms with Crippen LogP contribution in [0.15, 0.2) is 12.2 Å². The lowest BCUT2D eigenvalue weighted by Gasteiger charge is -2.33. The summed E-state index contributed by atoms with van der Waals surface area (Å²) in [7, 11) is 0. The number of carbonyl (C=O) groups excluding carboxylic acids is 6. The molecule has 7 aliphatic heterocycles. The van der Waals surface area contributed by atoms with E-state index < -0.39 is 0 Å². The van der Waals surface area contributed by atoms with Gasteiger partial charge in [0.15, 0.2) is 0 Å². The molecule has 6 amide bonds. The van der Waals surface area contributed by atoms with E-state index in [1.54, 1.807) is 0 Å². The standard InChI is InChI=1S/C13H22N2O.C13H24N2O.C12H22N2OS.C12H22N2O.C12H20N2O.C11H20N2OS/c16-13(15-7-3-4-8-15)12-9-10-5-1-2-6-11(10)14-12;14-12(11-7-3-1-4-8-11)13(16)15-9-5-2-6-10-15;13-11(10-4-2-1-3-5-10)12(15)14-6-8-16-9-7-14;2*13-11(10-6-2-1-3-7-10)12(15)14-8-4-5-9-14;12-10(9-4-2-1-3-5-9)11(14)13-6-7-15-8-13/h10-12,14H,1-9H2;11-12H,1-10,14H2;10-11H,1-9,13H2;10-11H,1-9,13H2;4-5,10-11H,1-3,6-9,13H2;9-10H,1-8,12H2/t10?,11?,12-;12-;3*11-;10-/m000100/s1. The number of fused-ring (bicyclic) bond motifs is 1. The number of thioether (sulfide) groups is 2. The molecule has 12 fully saturated rings. The molecule has 11 N–H and O–H groups in total. The maximum Gasteiger partial charge on any atom is 0.240 e. The Morgan fingerprint density at radius 2 is 0.613 bits per heavy atom. The van der Waals surface area contributed by atoms with Crippen molar-refractivity contribution in [2.24, 2.45) is 64.2 Å². The van der Waals surface area contributed by atoms with Crippen LogP contribution in [0.3, 0.4) is 0 Å². The quantitative estimate of drug-likeness (QED) is 0.105. The number of amides is 6. The first-order valence-corrected chi connectivity index (χ1v) is 40.7. The molecule has 93 heavy (non-hydrogen) atoms. The third kappa shape index (κ3) is 23.9. The highest BCUT2D eigenvalue weighted by Gasteiger charge is 2.41.